The average Bonchev–Trinajstić information content (AvgIpc) is 2.68. The summed E-state index contributed by atoms with van der Waals surface area (Å²) in [7, 11) is 0. The van der Waals surface area contributed by atoms with Crippen LogP contribution in [0, 0.1) is 11.8 Å². The third kappa shape index (κ3) is 21.4. The van der Waals surface area contributed by atoms with Crippen LogP contribution < -0.4 is 0 Å². The fourth-order valence-corrected chi connectivity index (χ4v) is 3.80. The molecule has 0 aliphatic rings. The van der Waals surface area contributed by atoms with E-state index in [9.17, 15) is 9.59 Å². The van der Waals surface area contributed by atoms with Crippen LogP contribution in [0.1, 0.15) is 129 Å². The van der Waals surface area contributed by atoms with E-state index < -0.39 is 17.9 Å². The largest absolute Gasteiger partial charge is 0.481 e. The van der Waals surface area contributed by atoms with E-state index in [1.165, 1.54) is 96.0 Å². The van der Waals surface area contributed by atoms with Crippen molar-refractivity contribution < 1.29 is 19.8 Å². The first kappa shape index (κ1) is 28.7. The van der Waals surface area contributed by atoms with Gasteiger partial charge >= 0.3 is 11.9 Å². The molecule has 176 valence electrons. The molecule has 0 amide bonds. The van der Waals surface area contributed by atoms with Gasteiger partial charge in [0.15, 0.2) is 0 Å². The highest BCUT2D eigenvalue weighted by molar-refractivity contribution is 5.79. The summed E-state index contributed by atoms with van der Waals surface area (Å²) >= 11 is 0. The van der Waals surface area contributed by atoms with E-state index in [0.717, 1.165) is 25.2 Å². The van der Waals surface area contributed by atoms with E-state index in [1.54, 1.807) is 0 Å². The maximum absolute atomic E-state index is 11.0. The zero-order valence-electron chi connectivity index (χ0n) is 19.7. The lowest BCUT2D eigenvalue weighted by atomic mass is 10.0. The molecule has 0 radical (unpaired) electrons. The molecule has 0 fully saturated rings. The summed E-state index contributed by atoms with van der Waals surface area (Å²) < 4.78 is 0. The molecular weight excluding hydrogens is 376 g/mol. The molecule has 4 heteroatoms. The van der Waals surface area contributed by atoms with E-state index >= 15 is 0 Å². The van der Waals surface area contributed by atoms with Gasteiger partial charge in [-0.05, 0) is 18.8 Å². The van der Waals surface area contributed by atoms with Gasteiger partial charge < -0.3 is 10.2 Å². The van der Waals surface area contributed by atoms with Crippen molar-refractivity contribution in [2.45, 2.75) is 129 Å². The lowest BCUT2D eigenvalue weighted by Crippen LogP contribution is -2.15. The summed E-state index contributed by atoms with van der Waals surface area (Å²) in [5, 5.41) is 17.7. The van der Waals surface area contributed by atoms with Gasteiger partial charge in [-0.2, -0.15) is 0 Å². The molecule has 0 aromatic rings. The Morgan fingerprint density at radius 3 is 1.43 bits per heavy atom. The minimum absolute atomic E-state index is 0.343. The Bertz CT molecular complexity index is 442. The second-order valence-electron chi connectivity index (χ2n) is 9.25. The standard InChI is InChI=1S/C26H48O4/c1-23(2)20-18-16-14-12-10-8-6-4-3-5-7-9-11-13-15-17-19-21-24(26(29)30)22-25(27)28/h19,21,23-24H,3-18,20,22H2,1-2H3,(H,27,28)(H,29,30). The van der Waals surface area contributed by atoms with Gasteiger partial charge in [0, 0.05) is 0 Å². The number of hydrogen-bond acceptors (Lipinski definition) is 2. The van der Waals surface area contributed by atoms with Crippen molar-refractivity contribution in [1.82, 2.24) is 0 Å². The van der Waals surface area contributed by atoms with E-state index in [0.29, 0.717) is 0 Å². The van der Waals surface area contributed by atoms with Gasteiger partial charge in [-0.25, -0.2) is 0 Å². The molecular formula is C26H48O4. The van der Waals surface area contributed by atoms with E-state index in [4.69, 9.17) is 10.2 Å². The van der Waals surface area contributed by atoms with Crippen molar-refractivity contribution in [3.05, 3.63) is 12.2 Å². The quantitative estimate of drug-likeness (QED) is 0.136. The van der Waals surface area contributed by atoms with Crippen molar-refractivity contribution in [2.75, 3.05) is 0 Å². The molecule has 1 atom stereocenters. The monoisotopic (exact) mass is 424 g/mol. The van der Waals surface area contributed by atoms with Crippen molar-refractivity contribution in [1.29, 1.82) is 0 Å². The first-order valence-corrected chi connectivity index (χ1v) is 12.5. The summed E-state index contributed by atoms with van der Waals surface area (Å²) in [5.41, 5.74) is 0. The molecule has 0 bridgehead atoms. The van der Waals surface area contributed by atoms with E-state index in [2.05, 4.69) is 13.8 Å². The second kappa shape index (κ2) is 20.9. The van der Waals surface area contributed by atoms with Crippen LogP contribution in [-0.2, 0) is 9.59 Å². The van der Waals surface area contributed by atoms with Crippen LogP contribution in [0.15, 0.2) is 12.2 Å². The smallest absolute Gasteiger partial charge is 0.310 e. The lowest BCUT2D eigenvalue weighted by molar-refractivity contribution is -0.146. The fraction of sp³-hybridized carbons (Fsp3) is 0.846. The number of unbranched alkanes of at least 4 members (excludes halogenated alkanes) is 15. The third-order valence-electron chi connectivity index (χ3n) is 5.73. The van der Waals surface area contributed by atoms with Crippen LogP contribution in [0.25, 0.3) is 0 Å². The van der Waals surface area contributed by atoms with Gasteiger partial charge in [0.1, 0.15) is 0 Å². The van der Waals surface area contributed by atoms with Gasteiger partial charge in [0.05, 0.1) is 12.3 Å². The SMILES string of the molecule is CC(C)CCCCCCCCCCCCCCCCCC=CC(CC(=O)O)C(=O)O. The van der Waals surface area contributed by atoms with Gasteiger partial charge in [0.2, 0.25) is 0 Å². The average molecular weight is 425 g/mol. The highest BCUT2D eigenvalue weighted by Gasteiger charge is 2.17. The number of aliphatic carboxylic acids is 2. The Labute approximate surface area is 185 Å². The van der Waals surface area contributed by atoms with Crippen molar-refractivity contribution >= 4 is 11.9 Å². The van der Waals surface area contributed by atoms with Crippen molar-refractivity contribution in [3.8, 4) is 0 Å². The molecule has 0 heterocycles. The summed E-state index contributed by atoms with van der Waals surface area (Å²) in [4.78, 5) is 21.6. The minimum Gasteiger partial charge on any atom is -0.481 e. The van der Waals surface area contributed by atoms with Gasteiger partial charge in [-0.15, -0.1) is 0 Å². The van der Waals surface area contributed by atoms with Crippen LogP contribution >= 0.6 is 0 Å². The van der Waals surface area contributed by atoms with Crippen LogP contribution in [0.2, 0.25) is 0 Å². The van der Waals surface area contributed by atoms with E-state index in [1.807, 2.05) is 6.08 Å². The lowest BCUT2D eigenvalue weighted by Gasteiger charge is -2.05. The predicted molar refractivity (Wildman–Crippen MR) is 126 cm³/mol. The zero-order valence-corrected chi connectivity index (χ0v) is 19.7. The fourth-order valence-electron chi connectivity index (χ4n) is 3.80. The molecule has 0 aromatic heterocycles. The molecule has 1 unspecified atom stereocenters. The topological polar surface area (TPSA) is 74.6 Å². The summed E-state index contributed by atoms with van der Waals surface area (Å²) in [6, 6.07) is 0. The highest BCUT2D eigenvalue weighted by atomic mass is 16.4. The van der Waals surface area contributed by atoms with Gasteiger partial charge in [0.25, 0.3) is 0 Å². The van der Waals surface area contributed by atoms with Crippen LogP contribution in [0.5, 0.6) is 0 Å². The number of rotatable bonds is 22. The second-order valence-corrected chi connectivity index (χ2v) is 9.25. The molecule has 30 heavy (non-hydrogen) atoms. The number of carboxylic acids is 2. The molecule has 0 saturated carbocycles. The molecule has 0 rings (SSSR count). The Morgan fingerprint density at radius 2 is 1.07 bits per heavy atom. The maximum atomic E-state index is 11.0. The first-order valence-electron chi connectivity index (χ1n) is 12.5. The molecule has 2 N–H and O–H groups in total. The Kier molecular flexibility index (Phi) is 20.0. The summed E-state index contributed by atoms with van der Waals surface area (Å²) in [6.45, 7) is 4.62. The number of hydrogen-bond donors (Lipinski definition) is 2. The third-order valence-corrected chi connectivity index (χ3v) is 5.73. The molecule has 0 aliphatic heterocycles. The number of allylic oxidation sites excluding steroid dienone is 1. The van der Waals surface area contributed by atoms with Crippen molar-refractivity contribution in [2.24, 2.45) is 11.8 Å². The molecule has 4 nitrogen and oxygen atoms in total. The van der Waals surface area contributed by atoms with Crippen molar-refractivity contribution in [3.63, 3.8) is 0 Å². The molecule has 0 spiro atoms. The molecule has 0 aliphatic carbocycles. The van der Waals surface area contributed by atoms with Gasteiger partial charge in [-0.3, -0.25) is 9.59 Å². The highest BCUT2D eigenvalue weighted by Crippen LogP contribution is 2.15. The van der Waals surface area contributed by atoms with Crippen LogP contribution in [0.3, 0.4) is 0 Å². The van der Waals surface area contributed by atoms with E-state index in [-0.39, 0.29) is 6.42 Å². The maximum Gasteiger partial charge on any atom is 0.310 e. The van der Waals surface area contributed by atoms with Gasteiger partial charge in [-0.1, -0.05) is 122 Å². The molecule has 0 saturated heterocycles. The Morgan fingerprint density at radius 1 is 0.667 bits per heavy atom. The number of carbonyl (C=O) groups is 2. The minimum atomic E-state index is -1.07. The Balaban J connectivity index is 3.30. The Hall–Kier alpha value is -1.32. The summed E-state index contributed by atoms with van der Waals surface area (Å²) in [6.07, 6.45) is 25.3. The molecule has 0 aromatic carbocycles. The predicted octanol–water partition coefficient (Wildman–Crippen LogP) is 8.01. The zero-order chi connectivity index (χ0) is 22.5. The number of carboxylic acid groups (broad SMARTS) is 2. The van der Waals surface area contributed by atoms with Crippen LogP contribution in [-0.4, -0.2) is 22.2 Å². The van der Waals surface area contributed by atoms with Crippen LogP contribution in [0.4, 0.5) is 0 Å². The normalized spacial score (nSPS) is 12.6. The summed E-state index contributed by atoms with van der Waals surface area (Å²) in [5.74, 6) is -2.18. The first-order chi connectivity index (χ1) is 14.4.